The SMILES string of the molecule is CCCCN(C(=O)CN1C[C@H](c2ccc3c(c2)OCO3)C(C(=O)O)[C@@H]1CCOc1ccccc1OC)c1ccc[n+](C)c1. The van der Waals surface area contributed by atoms with Gasteiger partial charge in [-0.15, -0.1) is 0 Å². The predicted molar refractivity (Wildman–Crippen MR) is 160 cm³/mol. The molecule has 2 aromatic carbocycles. The van der Waals surface area contributed by atoms with Gasteiger partial charge in [0.2, 0.25) is 12.7 Å². The van der Waals surface area contributed by atoms with Crippen LogP contribution in [0.4, 0.5) is 5.69 Å². The highest BCUT2D eigenvalue weighted by atomic mass is 16.7. The van der Waals surface area contributed by atoms with Gasteiger partial charge in [0.25, 0.3) is 0 Å². The van der Waals surface area contributed by atoms with E-state index in [1.807, 2.05) is 88.4 Å². The number of pyridine rings is 1. The van der Waals surface area contributed by atoms with Crippen molar-refractivity contribution in [2.24, 2.45) is 13.0 Å². The van der Waals surface area contributed by atoms with Crippen LogP contribution in [0.2, 0.25) is 0 Å². The number of anilines is 1. The Morgan fingerprint density at radius 1 is 1.09 bits per heavy atom. The van der Waals surface area contributed by atoms with Crippen LogP contribution in [-0.4, -0.2) is 68.1 Å². The largest absolute Gasteiger partial charge is 0.493 e. The highest BCUT2D eigenvalue weighted by Crippen LogP contribution is 2.43. The Balaban J connectivity index is 1.42. The van der Waals surface area contributed by atoms with Crippen molar-refractivity contribution in [2.45, 2.75) is 38.1 Å². The van der Waals surface area contributed by atoms with Crippen LogP contribution in [0.5, 0.6) is 23.0 Å². The molecule has 1 amide bonds. The quantitative estimate of drug-likeness (QED) is 0.298. The maximum atomic E-state index is 14.0. The van der Waals surface area contributed by atoms with E-state index >= 15 is 0 Å². The molecule has 3 aromatic rings. The summed E-state index contributed by atoms with van der Waals surface area (Å²) >= 11 is 0. The summed E-state index contributed by atoms with van der Waals surface area (Å²) < 4.78 is 24.5. The van der Waals surface area contributed by atoms with Gasteiger partial charge in [-0.05, 0) is 48.7 Å². The van der Waals surface area contributed by atoms with Crippen LogP contribution in [0, 0.1) is 5.92 Å². The summed E-state index contributed by atoms with van der Waals surface area (Å²) in [4.78, 5) is 30.7. The minimum absolute atomic E-state index is 0.0641. The number of aliphatic carboxylic acids is 1. The first kappa shape index (κ1) is 30.2. The average molecular weight is 591 g/mol. The first-order chi connectivity index (χ1) is 20.9. The number of amides is 1. The van der Waals surface area contributed by atoms with E-state index in [0.717, 1.165) is 24.1 Å². The first-order valence-corrected chi connectivity index (χ1v) is 14.8. The number of aryl methyl sites for hydroxylation is 1. The summed E-state index contributed by atoms with van der Waals surface area (Å²) in [6, 6.07) is 16.4. The lowest BCUT2D eigenvalue weighted by Crippen LogP contribution is -2.45. The second-order valence-corrected chi connectivity index (χ2v) is 11.0. The lowest BCUT2D eigenvalue weighted by molar-refractivity contribution is -0.670. The van der Waals surface area contributed by atoms with Crippen LogP contribution >= 0.6 is 0 Å². The molecule has 3 atom stereocenters. The molecule has 0 saturated carbocycles. The van der Waals surface area contributed by atoms with Crippen LogP contribution in [0.1, 0.15) is 37.7 Å². The van der Waals surface area contributed by atoms with Gasteiger partial charge in [-0.1, -0.05) is 31.5 Å². The molecule has 0 radical (unpaired) electrons. The summed E-state index contributed by atoms with van der Waals surface area (Å²) in [5, 5.41) is 10.6. The molecule has 1 fully saturated rings. The molecule has 2 aliphatic heterocycles. The number of carbonyl (C=O) groups excluding carboxylic acids is 1. The van der Waals surface area contributed by atoms with E-state index in [0.29, 0.717) is 42.5 Å². The van der Waals surface area contributed by atoms with Gasteiger partial charge in [0.15, 0.2) is 35.4 Å². The van der Waals surface area contributed by atoms with Crippen LogP contribution in [0.3, 0.4) is 0 Å². The number of unbranched alkanes of at least 4 members (excludes halogenated alkanes) is 1. The van der Waals surface area contributed by atoms with Gasteiger partial charge in [-0.25, -0.2) is 4.57 Å². The molecular formula is C33H40N3O7+. The Kier molecular flexibility index (Phi) is 9.66. The Bertz CT molecular complexity index is 1430. The number of methoxy groups -OCH3 is 1. The second kappa shape index (κ2) is 13.8. The number of nitrogens with zero attached hydrogens (tertiary/aromatic N) is 3. The molecule has 5 rings (SSSR count). The minimum atomic E-state index is -0.905. The topological polar surface area (TPSA) is 102 Å². The van der Waals surface area contributed by atoms with E-state index < -0.39 is 17.9 Å². The van der Waals surface area contributed by atoms with E-state index in [2.05, 4.69) is 6.92 Å². The number of carbonyl (C=O) groups is 2. The van der Waals surface area contributed by atoms with Crippen molar-refractivity contribution < 1.29 is 38.2 Å². The molecule has 2 aliphatic rings. The third kappa shape index (κ3) is 6.85. The molecule has 43 heavy (non-hydrogen) atoms. The Morgan fingerprint density at radius 3 is 2.63 bits per heavy atom. The molecule has 3 heterocycles. The van der Waals surface area contributed by atoms with Crippen LogP contribution < -0.4 is 28.4 Å². The van der Waals surface area contributed by atoms with Gasteiger partial charge in [0.05, 0.1) is 26.2 Å². The lowest BCUT2D eigenvalue weighted by Gasteiger charge is -2.29. The summed E-state index contributed by atoms with van der Waals surface area (Å²) in [5.74, 6) is 0.371. The summed E-state index contributed by atoms with van der Waals surface area (Å²) in [6.45, 7) is 3.59. The maximum Gasteiger partial charge on any atom is 0.308 e. The van der Waals surface area contributed by atoms with E-state index in [4.69, 9.17) is 18.9 Å². The molecule has 10 nitrogen and oxygen atoms in total. The number of benzene rings is 2. The molecule has 0 aliphatic carbocycles. The number of ether oxygens (including phenoxy) is 4. The van der Waals surface area contributed by atoms with Crippen molar-refractivity contribution in [1.82, 2.24) is 4.90 Å². The average Bonchev–Trinajstić information content (AvgIpc) is 3.62. The Morgan fingerprint density at radius 2 is 1.88 bits per heavy atom. The summed E-state index contributed by atoms with van der Waals surface area (Å²) in [7, 11) is 3.51. The van der Waals surface area contributed by atoms with Crippen molar-refractivity contribution in [2.75, 3.05) is 45.0 Å². The van der Waals surface area contributed by atoms with Crippen molar-refractivity contribution in [3.05, 3.63) is 72.6 Å². The molecule has 228 valence electrons. The van der Waals surface area contributed by atoms with Gasteiger partial charge in [-0.3, -0.25) is 14.5 Å². The van der Waals surface area contributed by atoms with Gasteiger partial charge in [-0.2, -0.15) is 0 Å². The number of carboxylic acids is 1. The fourth-order valence-corrected chi connectivity index (χ4v) is 6.07. The number of hydrogen-bond acceptors (Lipinski definition) is 7. The molecular weight excluding hydrogens is 550 g/mol. The fourth-order valence-electron chi connectivity index (χ4n) is 6.07. The number of para-hydroxylation sites is 2. The van der Waals surface area contributed by atoms with E-state index in [1.54, 1.807) is 7.11 Å². The van der Waals surface area contributed by atoms with E-state index in [1.165, 1.54) is 0 Å². The van der Waals surface area contributed by atoms with Gasteiger partial charge < -0.3 is 29.0 Å². The fraction of sp³-hybridized carbons (Fsp3) is 0.424. The van der Waals surface area contributed by atoms with Crippen molar-refractivity contribution in [1.29, 1.82) is 0 Å². The van der Waals surface area contributed by atoms with Crippen LogP contribution in [-0.2, 0) is 16.6 Å². The van der Waals surface area contributed by atoms with Crippen LogP contribution in [0.25, 0.3) is 0 Å². The summed E-state index contributed by atoms with van der Waals surface area (Å²) in [5.41, 5.74) is 1.67. The highest BCUT2D eigenvalue weighted by molar-refractivity contribution is 5.94. The van der Waals surface area contributed by atoms with Gasteiger partial charge in [0.1, 0.15) is 12.7 Å². The van der Waals surface area contributed by atoms with Crippen molar-refractivity contribution >= 4 is 17.6 Å². The zero-order valence-corrected chi connectivity index (χ0v) is 25.0. The molecule has 1 unspecified atom stereocenters. The normalized spacial score (nSPS) is 19.3. The molecule has 0 bridgehead atoms. The highest BCUT2D eigenvalue weighted by Gasteiger charge is 2.47. The first-order valence-electron chi connectivity index (χ1n) is 14.8. The monoisotopic (exact) mass is 590 g/mol. The van der Waals surface area contributed by atoms with Gasteiger partial charge in [0, 0.05) is 31.1 Å². The smallest absolute Gasteiger partial charge is 0.308 e. The molecule has 1 saturated heterocycles. The standard InChI is InChI=1S/C33H39N3O7/c1-4-5-16-36(24-9-8-15-34(2)19-24)31(37)21-35-20-25(23-12-13-29-30(18-23)43-22-42-29)32(33(38)39)26(35)14-17-41-28-11-7-6-10-27(28)40-3/h6-13,15,18-19,25-26,32H,4-5,14,16-17,20-22H2,1-3H3/p+1/t25-,26+,32?/m1/s1. The van der Waals surface area contributed by atoms with E-state index in [9.17, 15) is 14.7 Å². The van der Waals surface area contributed by atoms with Crippen LogP contribution in [0.15, 0.2) is 67.0 Å². The second-order valence-electron chi connectivity index (χ2n) is 11.0. The Hall–Kier alpha value is -4.31. The molecule has 1 aromatic heterocycles. The zero-order chi connectivity index (χ0) is 30.3. The predicted octanol–water partition coefficient (Wildman–Crippen LogP) is 4.02. The summed E-state index contributed by atoms with van der Waals surface area (Å²) in [6.07, 6.45) is 6.09. The maximum absolute atomic E-state index is 14.0. The number of hydrogen-bond donors (Lipinski definition) is 1. The number of carboxylic acid groups (broad SMARTS) is 1. The number of likely N-dealkylation sites (tertiary alicyclic amines) is 1. The number of aromatic nitrogens is 1. The third-order valence-electron chi connectivity index (χ3n) is 8.21. The minimum Gasteiger partial charge on any atom is -0.493 e. The van der Waals surface area contributed by atoms with Crippen molar-refractivity contribution in [3.8, 4) is 23.0 Å². The van der Waals surface area contributed by atoms with Gasteiger partial charge >= 0.3 is 5.97 Å². The van der Waals surface area contributed by atoms with E-state index in [-0.39, 0.29) is 31.8 Å². The van der Waals surface area contributed by atoms with Crippen molar-refractivity contribution in [3.63, 3.8) is 0 Å². The lowest BCUT2D eigenvalue weighted by atomic mass is 9.84. The zero-order valence-electron chi connectivity index (χ0n) is 25.0. The molecule has 1 N–H and O–H groups in total. The third-order valence-corrected chi connectivity index (χ3v) is 8.21. The number of rotatable bonds is 13. The number of fused-ring (bicyclic) bond motifs is 1. The molecule has 10 heteroatoms. The Labute approximate surface area is 252 Å². The molecule has 0 spiro atoms.